The highest BCUT2D eigenvalue weighted by Crippen LogP contribution is 2.50. The van der Waals surface area contributed by atoms with Crippen molar-refractivity contribution in [3.05, 3.63) is 89.5 Å². The van der Waals surface area contributed by atoms with Crippen molar-refractivity contribution in [3.63, 3.8) is 0 Å². The minimum atomic E-state index is -3.97. The highest BCUT2D eigenvalue weighted by Gasteiger charge is 2.34. The molecule has 0 aliphatic heterocycles. The van der Waals surface area contributed by atoms with Crippen molar-refractivity contribution in [2.24, 2.45) is 0 Å². The number of phosphoric ester groups is 1. The van der Waals surface area contributed by atoms with Crippen LogP contribution in [-0.2, 0) is 11.0 Å². The lowest BCUT2D eigenvalue weighted by atomic mass is 10.1. The predicted octanol–water partition coefficient (Wildman–Crippen LogP) is 6.90. The molecule has 3 aromatic carbocycles. The number of benzene rings is 3. The zero-order valence-electron chi connectivity index (χ0n) is 16.4. The molecule has 28 heavy (non-hydrogen) atoms. The first-order valence-corrected chi connectivity index (χ1v) is 10.8. The standard InChI is InChI=1S/C23H25O4P/c1-4-9-20-14-16-21(17-15-20)25-28(24,26-22-12-7-5-10-18(22)2)27-23-13-8-6-11-19(23)3/h5-8,10-17H,4,9H2,1-3H3. The summed E-state index contributed by atoms with van der Waals surface area (Å²) in [5.41, 5.74) is 2.89. The second-order valence-electron chi connectivity index (χ2n) is 6.65. The molecule has 5 heteroatoms. The molecule has 0 atom stereocenters. The quantitative estimate of drug-likeness (QED) is 0.389. The largest absolute Gasteiger partial charge is 0.647 e. The van der Waals surface area contributed by atoms with Gasteiger partial charge in [-0.15, -0.1) is 0 Å². The molecule has 0 radical (unpaired) electrons. The van der Waals surface area contributed by atoms with Crippen LogP contribution in [0.25, 0.3) is 0 Å². The first kappa shape index (κ1) is 20.0. The Labute approximate surface area is 166 Å². The minimum Gasteiger partial charge on any atom is -0.386 e. The molecule has 146 valence electrons. The fraction of sp³-hybridized carbons (Fsp3) is 0.217. The molecule has 0 saturated carbocycles. The molecule has 0 amide bonds. The molecule has 0 fully saturated rings. The van der Waals surface area contributed by atoms with Crippen molar-refractivity contribution in [1.29, 1.82) is 0 Å². The molecular weight excluding hydrogens is 371 g/mol. The summed E-state index contributed by atoms with van der Waals surface area (Å²) in [6.07, 6.45) is 2.04. The SMILES string of the molecule is CCCc1ccc(OP(=O)(Oc2ccccc2C)Oc2ccccc2C)cc1. The summed E-state index contributed by atoms with van der Waals surface area (Å²) >= 11 is 0. The molecule has 0 spiro atoms. The summed E-state index contributed by atoms with van der Waals surface area (Å²) in [5, 5.41) is 0. The third-order valence-corrected chi connectivity index (χ3v) is 5.56. The lowest BCUT2D eigenvalue weighted by molar-refractivity contribution is 0.297. The fourth-order valence-corrected chi connectivity index (χ4v) is 4.13. The normalized spacial score (nSPS) is 11.1. The van der Waals surface area contributed by atoms with E-state index < -0.39 is 7.82 Å². The van der Waals surface area contributed by atoms with Crippen molar-refractivity contribution in [1.82, 2.24) is 0 Å². The van der Waals surface area contributed by atoms with E-state index in [0.29, 0.717) is 17.2 Å². The average molecular weight is 396 g/mol. The highest BCUT2D eigenvalue weighted by atomic mass is 31.2. The van der Waals surface area contributed by atoms with Gasteiger partial charge in [0, 0.05) is 0 Å². The van der Waals surface area contributed by atoms with Crippen LogP contribution >= 0.6 is 7.82 Å². The summed E-state index contributed by atoms with van der Waals surface area (Å²) < 4.78 is 30.9. The molecule has 0 saturated heterocycles. The fourth-order valence-electron chi connectivity index (χ4n) is 2.75. The van der Waals surface area contributed by atoms with E-state index in [1.165, 1.54) is 5.56 Å². The molecule has 0 aliphatic rings. The Morgan fingerprint density at radius 3 is 1.68 bits per heavy atom. The number of phosphoric acid groups is 1. The van der Waals surface area contributed by atoms with Crippen LogP contribution in [-0.4, -0.2) is 0 Å². The Hall–Kier alpha value is -2.71. The monoisotopic (exact) mass is 396 g/mol. The van der Waals surface area contributed by atoms with Crippen molar-refractivity contribution >= 4 is 7.82 Å². The summed E-state index contributed by atoms with van der Waals surface area (Å²) in [6, 6.07) is 22.2. The Morgan fingerprint density at radius 1 is 0.714 bits per heavy atom. The Kier molecular flexibility index (Phi) is 6.43. The van der Waals surface area contributed by atoms with Crippen LogP contribution < -0.4 is 13.6 Å². The van der Waals surface area contributed by atoms with Crippen molar-refractivity contribution in [2.45, 2.75) is 33.6 Å². The van der Waals surface area contributed by atoms with Crippen molar-refractivity contribution < 1.29 is 18.1 Å². The first-order valence-electron chi connectivity index (χ1n) is 9.38. The maximum absolute atomic E-state index is 13.6. The summed E-state index contributed by atoms with van der Waals surface area (Å²) in [4.78, 5) is 0. The van der Waals surface area contributed by atoms with E-state index in [9.17, 15) is 4.57 Å². The summed E-state index contributed by atoms with van der Waals surface area (Å²) in [7, 11) is -3.97. The van der Waals surface area contributed by atoms with E-state index in [1.54, 1.807) is 24.3 Å². The lowest BCUT2D eigenvalue weighted by Gasteiger charge is -2.21. The second-order valence-corrected chi connectivity index (χ2v) is 8.09. The number of rotatable bonds is 8. The molecule has 0 aromatic heterocycles. The first-order chi connectivity index (χ1) is 13.5. The van der Waals surface area contributed by atoms with E-state index in [2.05, 4.69) is 6.92 Å². The molecule has 0 bridgehead atoms. The predicted molar refractivity (Wildman–Crippen MR) is 112 cm³/mol. The lowest BCUT2D eigenvalue weighted by Crippen LogP contribution is -2.08. The molecule has 0 heterocycles. The van der Waals surface area contributed by atoms with Crippen LogP contribution in [0, 0.1) is 13.8 Å². The number of aryl methyl sites for hydroxylation is 3. The number of para-hydroxylation sites is 2. The average Bonchev–Trinajstić information content (AvgIpc) is 2.67. The van der Waals surface area contributed by atoms with Gasteiger partial charge in [0.1, 0.15) is 17.2 Å². The third kappa shape index (κ3) is 5.17. The van der Waals surface area contributed by atoms with E-state index in [-0.39, 0.29) is 0 Å². The van der Waals surface area contributed by atoms with E-state index >= 15 is 0 Å². The van der Waals surface area contributed by atoms with Gasteiger partial charge in [-0.2, -0.15) is 4.57 Å². The molecule has 0 aliphatic carbocycles. The smallest absolute Gasteiger partial charge is 0.386 e. The van der Waals surface area contributed by atoms with E-state index in [1.807, 2.05) is 62.4 Å². The van der Waals surface area contributed by atoms with Gasteiger partial charge in [-0.3, -0.25) is 0 Å². The Bertz CT molecular complexity index is 915. The van der Waals surface area contributed by atoms with Gasteiger partial charge in [-0.05, 0) is 61.2 Å². The molecular formula is C23H25O4P. The van der Waals surface area contributed by atoms with Gasteiger partial charge in [0.2, 0.25) is 0 Å². The Morgan fingerprint density at radius 2 is 1.21 bits per heavy atom. The van der Waals surface area contributed by atoms with Gasteiger partial charge in [0.05, 0.1) is 0 Å². The topological polar surface area (TPSA) is 44.8 Å². The van der Waals surface area contributed by atoms with Gasteiger partial charge in [-0.25, -0.2) is 0 Å². The molecule has 3 rings (SSSR count). The van der Waals surface area contributed by atoms with Gasteiger partial charge in [0.15, 0.2) is 0 Å². The van der Waals surface area contributed by atoms with Crippen LogP contribution in [0.5, 0.6) is 17.2 Å². The summed E-state index contributed by atoms with van der Waals surface area (Å²) in [6.45, 7) is 5.89. The molecule has 0 unspecified atom stereocenters. The van der Waals surface area contributed by atoms with Crippen LogP contribution in [0.15, 0.2) is 72.8 Å². The van der Waals surface area contributed by atoms with Crippen molar-refractivity contribution in [2.75, 3.05) is 0 Å². The minimum absolute atomic E-state index is 0.436. The van der Waals surface area contributed by atoms with Crippen LogP contribution in [0.2, 0.25) is 0 Å². The number of hydrogen-bond acceptors (Lipinski definition) is 4. The summed E-state index contributed by atoms with van der Waals surface area (Å²) in [5.74, 6) is 1.36. The van der Waals surface area contributed by atoms with Crippen molar-refractivity contribution in [3.8, 4) is 17.2 Å². The van der Waals surface area contributed by atoms with Gasteiger partial charge in [-0.1, -0.05) is 61.9 Å². The van der Waals surface area contributed by atoms with Crippen LogP contribution in [0.4, 0.5) is 0 Å². The highest BCUT2D eigenvalue weighted by molar-refractivity contribution is 7.49. The molecule has 4 nitrogen and oxygen atoms in total. The molecule has 0 N–H and O–H groups in total. The number of hydrogen-bond donors (Lipinski definition) is 0. The van der Waals surface area contributed by atoms with Gasteiger partial charge < -0.3 is 13.6 Å². The van der Waals surface area contributed by atoms with Gasteiger partial charge in [0.25, 0.3) is 0 Å². The maximum atomic E-state index is 13.6. The second kappa shape index (κ2) is 8.99. The molecule has 3 aromatic rings. The van der Waals surface area contributed by atoms with Crippen LogP contribution in [0.1, 0.15) is 30.0 Å². The third-order valence-electron chi connectivity index (χ3n) is 4.29. The Balaban J connectivity index is 1.90. The maximum Gasteiger partial charge on any atom is 0.647 e. The van der Waals surface area contributed by atoms with Gasteiger partial charge >= 0.3 is 7.82 Å². The van der Waals surface area contributed by atoms with Crippen LogP contribution in [0.3, 0.4) is 0 Å². The zero-order chi connectivity index (χ0) is 20.0. The van der Waals surface area contributed by atoms with E-state index in [4.69, 9.17) is 13.6 Å². The van der Waals surface area contributed by atoms with E-state index in [0.717, 1.165) is 24.0 Å². The zero-order valence-corrected chi connectivity index (χ0v) is 17.3.